The maximum absolute atomic E-state index is 6.05. The first-order chi connectivity index (χ1) is 12.8. The molecule has 2 aromatic rings. The standard InChI is InChI=1S/C18H23N5O3/c19-14-3-1-13(2-4-14)16-20-17(23-7-11-25-12-8-23)22-18(21-16)26-15-5-9-24-10-6-15/h1-4,15H,5-12,19H2. The second-order valence-electron chi connectivity index (χ2n) is 6.39. The van der Waals surface area contributed by atoms with E-state index >= 15 is 0 Å². The first-order valence-corrected chi connectivity index (χ1v) is 8.97. The molecular weight excluding hydrogens is 334 g/mol. The van der Waals surface area contributed by atoms with Crippen LogP contribution in [0.25, 0.3) is 11.4 Å². The Hall–Kier alpha value is -2.45. The van der Waals surface area contributed by atoms with E-state index in [1.165, 1.54) is 0 Å². The third-order valence-electron chi connectivity index (χ3n) is 4.51. The number of benzene rings is 1. The van der Waals surface area contributed by atoms with Crippen LogP contribution in [0.15, 0.2) is 24.3 Å². The van der Waals surface area contributed by atoms with E-state index in [4.69, 9.17) is 19.9 Å². The molecule has 2 aliphatic heterocycles. The lowest BCUT2D eigenvalue weighted by molar-refractivity contribution is 0.0217. The summed E-state index contributed by atoms with van der Waals surface area (Å²) >= 11 is 0. The van der Waals surface area contributed by atoms with Crippen molar-refractivity contribution in [3.63, 3.8) is 0 Å². The lowest BCUT2D eigenvalue weighted by Gasteiger charge is -2.27. The molecule has 0 unspecified atom stereocenters. The highest BCUT2D eigenvalue weighted by Gasteiger charge is 2.21. The summed E-state index contributed by atoms with van der Waals surface area (Å²) in [6.07, 6.45) is 1.76. The molecule has 0 bridgehead atoms. The Bertz CT molecular complexity index is 728. The molecule has 1 aromatic carbocycles. The van der Waals surface area contributed by atoms with Gasteiger partial charge in [-0.25, -0.2) is 0 Å². The number of rotatable bonds is 4. The molecule has 2 N–H and O–H groups in total. The number of morpholine rings is 1. The Morgan fingerprint density at radius 3 is 2.35 bits per heavy atom. The van der Waals surface area contributed by atoms with Crippen LogP contribution in [0.1, 0.15) is 12.8 Å². The maximum atomic E-state index is 6.05. The van der Waals surface area contributed by atoms with Crippen LogP contribution in [-0.2, 0) is 9.47 Å². The molecule has 4 rings (SSSR count). The average Bonchev–Trinajstić information content (AvgIpc) is 2.70. The quantitative estimate of drug-likeness (QED) is 0.823. The highest BCUT2D eigenvalue weighted by Crippen LogP contribution is 2.23. The van der Waals surface area contributed by atoms with E-state index in [1.807, 2.05) is 24.3 Å². The van der Waals surface area contributed by atoms with Crippen molar-refractivity contribution in [2.45, 2.75) is 18.9 Å². The largest absolute Gasteiger partial charge is 0.460 e. The van der Waals surface area contributed by atoms with Crippen molar-refractivity contribution in [2.75, 3.05) is 50.2 Å². The molecule has 0 aliphatic carbocycles. The molecule has 0 radical (unpaired) electrons. The van der Waals surface area contributed by atoms with Gasteiger partial charge in [0, 0.05) is 37.2 Å². The van der Waals surface area contributed by atoms with Crippen LogP contribution in [-0.4, -0.2) is 60.6 Å². The zero-order chi connectivity index (χ0) is 17.8. The summed E-state index contributed by atoms with van der Waals surface area (Å²) in [6.45, 7) is 4.25. The summed E-state index contributed by atoms with van der Waals surface area (Å²) < 4.78 is 16.9. The van der Waals surface area contributed by atoms with Gasteiger partial charge in [-0.3, -0.25) is 0 Å². The molecule has 3 heterocycles. The number of aromatic nitrogens is 3. The molecule has 0 amide bonds. The summed E-state index contributed by atoms with van der Waals surface area (Å²) in [7, 11) is 0. The Morgan fingerprint density at radius 2 is 1.62 bits per heavy atom. The van der Waals surface area contributed by atoms with Gasteiger partial charge in [0.1, 0.15) is 6.10 Å². The second-order valence-corrected chi connectivity index (χ2v) is 6.39. The normalized spacial score (nSPS) is 18.7. The molecule has 8 heteroatoms. The second kappa shape index (κ2) is 7.84. The van der Waals surface area contributed by atoms with E-state index in [9.17, 15) is 0 Å². The van der Waals surface area contributed by atoms with Crippen LogP contribution in [0.4, 0.5) is 11.6 Å². The van der Waals surface area contributed by atoms with Crippen molar-refractivity contribution in [2.24, 2.45) is 0 Å². The smallest absolute Gasteiger partial charge is 0.322 e. The fourth-order valence-corrected chi connectivity index (χ4v) is 3.01. The monoisotopic (exact) mass is 357 g/mol. The van der Waals surface area contributed by atoms with Gasteiger partial charge in [-0.15, -0.1) is 0 Å². The molecule has 2 aliphatic rings. The van der Waals surface area contributed by atoms with Crippen LogP contribution >= 0.6 is 0 Å². The van der Waals surface area contributed by atoms with Crippen LogP contribution in [0.2, 0.25) is 0 Å². The van der Waals surface area contributed by atoms with Gasteiger partial charge in [0.25, 0.3) is 0 Å². The molecule has 26 heavy (non-hydrogen) atoms. The van der Waals surface area contributed by atoms with Crippen LogP contribution in [0.5, 0.6) is 6.01 Å². The van der Waals surface area contributed by atoms with Crippen molar-refractivity contribution >= 4 is 11.6 Å². The summed E-state index contributed by atoms with van der Waals surface area (Å²) in [5.41, 5.74) is 7.38. The lowest BCUT2D eigenvalue weighted by Crippen LogP contribution is -2.37. The van der Waals surface area contributed by atoms with Gasteiger partial charge < -0.3 is 24.8 Å². The molecule has 0 atom stereocenters. The van der Waals surface area contributed by atoms with E-state index in [0.29, 0.717) is 49.9 Å². The van der Waals surface area contributed by atoms with Gasteiger partial charge in [-0.1, -0.05) is 0 Å². The number of hydrogen-bond donors (Lipinski definition) is 1. The van der Waals surface area contributed by atoms with Crippen LogP contribution in [0, 0.1) is 0 Å². The summed E-state index contributed by atoms with van der Waals surface area (Å²) in [5.74, 6) is 1.21. The van der Waals surface area contributed by atoms with Gasteiger partial charge in [0.05, 0.1) is 26.4 Å². The Morgan fingerprint density at radius 1 is 0.923 bits per heavy atom. The number of anilines is 2. The van der Waals surface area contributed by atoms with E-state index < -0.39 is 0 Å². The lowest BCUT2D eigenvalue weighted by atomic mass is 10.2. The summed E-state index contributed by atoms with van der Waals surface area (Å²) in [5, 5.41) is 0. The predicted molar refractivity (Wildman–Crippen MR) is 97.2 cm³/mol. The van der Waals surface area contributed by atoms with E-state index in [-0.39, 0.29) is 6.10 Å². The number of nitrogens with zero attached hydrogens (tertiary/aromatic N) is 4. The van der Waals surface area contributed by atoms with Gasteiger partial charge in [-0.2, -0.15) is 15.0 Å². The Labute approximate surface area is 152 Å². The fraction of sp³-hybridized carbons (Fsp3) is 0.500. The van der Waals surface area contributed by atoms with Crippen molar-refractivity contribution in [1.82, 2.24) is 15.0 Å². The minimum atomic E-state index is 0.0722. The van der Waals surface area contributed by atoms with Crippen molar-refractivity contribution < 1.29 is 14.2 Å². The molecule has 0 saturated carbocycles. The van der Waals surface area contributed by atoms with Gasteiger partial charge in [-0.05, 0) is 24.3 Å². The van der Waals surface area contributed by atoms with E-state index in [1.54, 1.807) is 0 Å². The average molecular weight is 357 g/mol. The third-order valence-corrected chi connectivity index (χ3v) is 4.51. The molecule has 2 fully saturated rings. The number of hydrogen-bond acceptors (Lipinski definition) is 8. The molecule has 138 valence electrons. The first kappa shape index (κ1) is 17.0. The van der Waals surface area contributed by atoms with E-state index in [2.05, 4.69) is 19.9 Å². The number of nitrogens with two attached hydrogens (primary N) is 1. The number of nitrogen functional groups attached to an aromatic ring is 1. The fourth-order valence-electron chi connectivity index (χ4n) is 3.01. The Kier molecular flexibility index (Phi) is 5.12. The zero-order valence-electron chi connectivity index (χ0n) is 14.6. The van der Waals surface area contributed by atoms with Crippen LogP contribution < -0.4 is 15.4 Å². The highest BCUT2D eigenvalue weighted by molar-refractivity contribution is 5.60. The SMILES string of the molecule is Nc1ccc(-c2nc(OC3CCOCC3)nc(N3CCOCC3)n2)cc1. The summed E-state index contributed by atoms with van der Waals surface area (Å²) in [6, 6.07) is 7.86. The zero-order valence-corrected chi connectivity index (χ0v) is 14.6. The number of ether oxygens (including phenoxy) is 3. The van der Waals surface area contributed by atoms with Crippen molar-refractivity contribution in [1.29, 1.82) is 0 Å². The molecule has 0 spiro atoms. The van der Waals surface area contributed by atoms with Crippen LogP contribution in [0.3, 0.4) is 0 Å². The summed E-state index contributed by atoms with van der Waals surface area (Å²) in [4.78, 5) is 15.8. The Balaban J connectivity index is 1.65. The minimum Gasteiger partial charge on any atom is -0.460 e. The maximum Gasteiger partial charge on any atom is 0.322 e. The predicted octanol–water partition coefficient (Wildman–Crippen LogP) is 1.52. The van der Waals surface area contributed by atoms with Crippen molar-refractivity contribution in [3.05, 3.63) is 24.3 Å². The third kappa shape index (κ3) is 4.03. The molecule has 1 aromatic heterocycles. The van der Waals surface area contributed by atoms with Gasteiger partial charge in [0.2, 0.25) is 5.95 Å². The first-order valence-electron chi connectivity index (χ1n) is 8.97. The topological polar surface area (TPSA) is 95.6 Å². The van der Waals surface area contributed by atoms with Gasteiger partial charge >= 0.3 is 6.01 Å². The van der Waals surface area contributed by atoms with Gasteiger partial charge in [0.15, 0.2) is 5.82 Å². The molecular formula is C18H23N5O3. The van der Waals surface area contributed by atoms with Crippen molar-refractivity contribution in [3.8, 4) is 17.4 Å². The molecule has 2 saturated heterocycles. The minimum absolute atomic E-state index is 0.0722. The molecule has 8 nitrogen and oxygen atoms in total. The van der Waals surface area contributed by atoms with E-state index in [0.717, 1.165) is 31.5 Å². The highest BCUT2D eigenvalue weighted by atomic mass is 16.5.